The molecule has 3 aromatic rings. The van der Waals surface area contributed by atoms with Gasteiger partial charge in [-0.3, -0.25) is 0 Å². The highest BCUT2D eigenvalue weighted by Crippen LogP contribution is 2.36. The number of phenolic OH excluding ortho intramolecular Hbond substituents is 1. The predicted molar refractivity (Wildman–Crippen MR) is 92.1 cm³/mol. The lowest BCUT2D eigenvalue weighted by Crippen LogP contribution is -2.53. The highest BCUT2D eigenvalue weighted by molar-refractivity contribution is 7.93. The fourth-order valence-corrected chi connectivity index (χ4v) is 4.43. The van der Waals surface area contributed by atoms with Crippen molar-refractivity contribution < 1.29 is 32.6 Å². The van der Waals surface area contributed by atoms with E-state index in [-0.39, 0.29) is 22.5 Å². The summed E-state index contributed by atoms with van der Waals surface area (Å²) in [4.78, 5) is 20.7. The molecule has 27 heavy (non-hydrogen) atoms. The number of hydrogen-bond acceptors (Lipinski definition) is 8. The van der Waals surface area contributed by atoms with Crippen molar-refractivity contribution in [2.24, 2.45) is 0 Å². The lowest BCUT2D eigenvalue weighted by atomic mass is 10.0. The van der Waals surface area contributed by atoms with E-state index >= 15 is 0 Å². The maximum absolute atomic E-state index is 13.0. The Morgan fingerprint density at radius 1 is 1.04 bits per heavy atom. The number of aliphatic hydroxyl groups is 1. The molecule has 138 valence electrons. The number of benzene rings is 2. The third kappa shape index (κ3) is 2.51. The zero-order valence-corrected chi connectivity index (χ0v) is 14.4. The fourth-order valence-electron chi connectivity index (χ4n) is 2.91. The smallest absolute Gasteiger partial charge is 0.360 e. The molecule has 1 aliphatic rings. The monoisotopic (exact) mass is 388 g/mol. The summed E-state index contributed by atoms with van der Waals surface area (Å²) in [7, 11) is -4.87. The summed E-state index contributed by atoms with van der Waals surface area (Å²) >= 11 is 0. The molecule has 9 heteroatoms. The molecule has 8 nitrogen and oxygen atoms in total. The van der Waals surface area contributed by atoms with Crippen molar-refractivity contribution in [1.82, 2.24) is 0 Å². The van der Waals surface area contributed by atoms with E-state index in [0.29, 0.717) is 5.56 Å². The maximum Gasteiger partial charge on any atom is 0.360 e. The Bertz CT molecular complexity index is 1260. The Morgan fingerprint density at radius 3 is 2.56 bits per heavy atom. The molecule has 1 atom stereocenters. The van der Waals surface area contributed by atoms with E-state index in [0.717, 1.165) is 12.1 Å². The van der Waals surface area contributed by atoms with E-state index in [2.05, 4.69) is 0 Å². The molecule has 1 aliphatic heterocycles. The van der Waals surface area contributed by atoms with Crippen LogP contribution in [0.2, 0.25) is 0 Å². The third-order valence-electron chi connectivity index (χ3n) is 4.35. The minimum atomic E-state index is -4.87. The van der Waals surface area contributed by atoms with Gasteiger partial charge in [0.25, 0.3) is 4.93 Å². The van der Waals surface area contributed by atoms with Gasteiger partial charge in [0.2, 0.25) is 9.84 Å². The lowest BCUT2D eigenvalue weighted by Gasteiger charge is -2.30. The number of sulfone groups is 1. The van der Waals surface area contributed by atoms with Crippen molar-refractivity contribution >= 4 is 26.8 Å². The number of esters is 1. The first-order valence-electron chi connectivity index (χ1n) is 7.76. The van der Waals surface area contributed by atoms with E-state index < -0.39 is 37.7 Å². The van der Waals surface area contributed by atoms with Crippen LogP contribution in [-0.2, 0) is 21.1 Å². The van der Waals surface area contributed by atoms with Crippen molar-refractivity contribution in [1.29, 1.82) is 0 Å². The standard InChI is InChI=1S/C18H12O8S/c19-12-6-5-10-7-15(16(20)25-14(10)8-12)27(23,24)18(22)9-11-3-1-2-4-13(11)26-17(18)21/h1-8,19,22H,9H2. The molecule has 1 unspecified atom stereocenters. The number of carbonyl (C=O) groups excluding carboxylic acids is 1. The van der Waals surface area contributed by atoms with E-state index in [1.165, 1.54) is 24.3 Å². The molecule has 0 fully saturated rings. The van der Waals surface area contributed by atoms with Gasteiger partial charge in [-0.05, 0) is 29.8 Å². The maximum atomic E-state index is 13.0. The van der Waals surface area contributed by atoms with Gasteiger partial charge in [0.05, 0.1) is 0 Å². The van der Waals surface area contributed by atoms with Gasteiger partial charge in [0.15, 0.2) is 4.90 Å². The third-order valence-corrected chi connectivity index (χ3v) is 6.41. The van der Waals surface area contributed by atoms with E-state index in [9.17, 15) is 28.2 Å². The molecule has 0 radical (unpaired) electrons. The van der Waals surface area contributed by atoms with Crippen molar-refractivity contribution in [2.45, 2.75) is 16.2 Å². The number of fused-ring (bicyclic) bond motifs is 2. The van der Waals surface area contributed by atoms with Crippen LogP contribution in [0.4, 0.5) is 0 Å². The van der Waals surface area contributed by atoms with Crippen LogP contribution >= 0.6 is 0 Å². The van der Waals surface area contributed by atoms with Gasteiger partial charge < -0.3 is 19.4 Å². The first-order chi connectivity index (χ1) is 12.7. The number of ether oxygens (including phenoxy) is 1. The molecule has 2 aromatic carbocycles. The van der Waals surface area contributed by atoms with E-state index in [4.69, 9.17) is 9.15 Å². The van der Waals surface area contributed by atoms with E-state index in [1.54, 1.807) is 12.1 Å². The number of para-hydroxylation sites is 1. The average Bonchev–Trinajstić information content (AvgIpc) is 2.61. The largest absolute Gasteiger partial charge is 0.508 e. The molecule has 0 spiro atoms. The molecular formula is C18H12O8S. The van der Waals surface area contributed by atoms with Crippen molar-refractivity contribution in [3.05, 3.63) is 64.5 Å². The molecule has 4 rings (SSSR count). The van der Waals surface area contributed by atoms with Crippen LogP contribution < -0.4 is 10.4 Å². The molecule has 0 bridgehead atoms. The van der Waals surface area contributed by atoms with Gasteiger partial charge in [-0.2, -0.15) is 0 Å². The number of phenols is 1. The summed E-state index contributed by atoms with van der Waals surface area (Å²) in [5.74, 6) is -1.43. The molecule has 0 saturated carbocycles. The fraction of sp³-hybridized carbons (Fsp3) is 0.111. The van der Waals surface area contributed by atoms with Crippen LogP contribution in [0.1, 0.15) is 5.56 Å². The number of aromatic hydroxyl groups is 1. The summed E-state index contributed by atoms with van der Waals surface area (Å²) < 4.78 is 35.9. The van der Waals surface area contributed by atoms with Crippen LogP contribution in [0.3, 0.4) is 0 Å². The molecule has 1 aromatic heterocycles. The molecular weight excluding hydrogens is 376 g/mol. The molecule has 2 N–H and O–H groups in total. The molecule has 0 aliphatic carbocycles. The normalized spacial score (nSPS) is 19.5. The van der Waals surface area contributed by atoms with Gasteiger partial charge in [-0.15, -0.1) is 0 Å². The quantitative estimate of drug-likeness (QED) is 0.379. The van der Waals surface area contributed by atoms with E-state index in [1.807, 2.05) is 0 Å². The second-order valence-electron chi connectivity index (χ2n) is 6.08. The summed E-state index contributed by atoms with van der Waals surface area (Å²) in [5, 5.41) is 20.4. The van der Waals surface area contributed by atoms with Crippen LogP contribution in [0.15, 0.2) is 62.6 Å². The number of rotatable bonds is 2. The summed E-state index contributed by atoms with van der Waals surface area (Å²) in [6.45, 7) is 0. The van der Waals surface area contributed by atoms with Crippen molar-refractivity contribution in [3.8, 4) is 11.5 Å². The summed E-state index contributed by atoms with van der Waals surface area (Å²) in [5.41, 5.74) is -1.01. The Kier molecular flexibility index (Phi) is 3.62. The topological polar surface area (TPSA) is 131 Å². The second-order valence-corrected chi connectivity index (χ2v) is 8.20. The molecule has 0 saturated heterocycles. The lowest BCUT2D eigenvalue weighted by molar-refractivity contribution is -0.148. The van der Waals surface area contributed by atoms with Crippen LogP contribution in [0, 0.1) is 0 Å². The SMILES string of the molecule is O=C1Oc2ccccc2CC1(O)S(=O)(=O)c1cc2ccc(O)cc2oc1=O. The Hall–Kier alpha value is -3.17. The molecule has 0 amide bonds. The van der Waals surface area contributed by atoms with Gasteiger partial charge in [-0.1, -0.05) is 18.2 Å². The zero-order valence-electron chi connectivity index (χ0n) is 13.6. The van der Waals surface area contributed by atoms with Crippen LogP contribution in [-0.4, -0.2) is 29.5 Å². The Labute approximate surface area is 152 Å². The highest BCUT2D eigenvalue weighted by atomic mass is 32.2. The summed E-state index contributed by atoms with van der Waals surface area (Å²) in [6, 6.07) is 10.9. The zero-order chi connectivity index (χ0) is 19.4. The average molecular weight is 388 g/mol. The van der Waals surface area contributed by atoms with Crippen molar-refractivity contribution in [2.75, 3.05) is 0 Å². The Morgan fingerprint density at radius 2 is 1.78 bits per heavy atom. The minimum Gasteiger partial charge on any atom is -0.508 e. The van der Waals surface area contributed by atoms with Crippen molar-refractivity contribution in [3.63, 3.8) is 0 Å². The van der Waals surface area contributed by atoms with Crippen LogP contribution in [0.25, 0.3) is 11.0 Å². The number of carbonyl (C=O) groups is 1. The first-order valence-corrected chi connectivity index (χ1v) is 9.25. The number of hydrogen-bond donors (Lipinski definition) is 2. The highest BCUT2D eigenvalue weighted by Gasteiger charge is 2.55. The van der Waals surface area contributed by atoms with Crippen LogP contribution in [0.5, 0.6) is 11.5 Å². The van der Waals surface area contributed by atoms with Gasteiger partial charge >= 0.3 is 11.6 Å². The predicted octanol–water partition coefficient (Wildman–Crippen LogP) is 1.12. The van der Waals surface area contributed by atoms with Gasteiger partial charge in [-0.25, -0.2) is 18.0 Å². The second kappa shape index (κ2) is 5.66. The first kappa shape index (κ1) is 17.3. The Balaban J connectivity index is 1.90. The minimum absolute atomic E-state index is 0.0393. The van der Waals surface area contributed by atoms with Gasteiger partial charge in [0, 0.05) is 17.9 Å². The summed E-state index contributed by atoms with van der Waals surface area (Å²) in [6.07, 6.45) is -0.572. The van der Waals surface area contributed by atoms with Gasteiger partial charge in [0.1, 0.15) is 17.1 Å². The molecule has 2 heterocycles.